The molecule has 28 heavy (non-hydrogen) atoms. The normalized spacial score (nSPS) is 10.9. The summed E-state index contributed by atoms with van der Waals surface area (Å²) in [6, 6.07) is 22.0. The average Bonchev–Trinajstić information content (AvgIpc) is 2.71. The molecule has 0 aliphatic rings. The highest BCUT2D eigenvalue weighted by molar-refractivity contribution is 7.89. The van der Waals surface area contributed by atoms with Crippen LogP contribution in [0.15, 0.2) is 77.7 Å². The molecule has 6 heteroatoms. The zero-order valence-corrected chi connectivity index (χ0v) is 16.0. The van der Waals surface area contributed by atoms with Crippen LogP contribution in [0, 0.1) is 11.8 Å². The van der Waals surface area contributed by atoms with E-state index in [1.165, 1.54) is 0 Å². The number of rotatable bonds is 6. The maximum Gasteiger partial charge on any atom is 0.240 e. The Kier molecular flexibility index (Phi) is 6.43. The van der Waals surface area contributed by atoms with Crippen molar-refractivity contribution in [1.29, 1.82) is 0 Å². The standard InChI is InChI=1S/C22H20N2O3S/c25-22(23-15-6-9-18-7-2-1-3-8-18)14-16-24-28(26,27)21-13-12-19-10-4-5-11-20(19)17-21/h1-5,7-8,10-13,17,24H,14-16H2,(H,23,25). The first-order chi connectivity index (χ1) is 13.5. The number of hydrogen-bond acceptors (Lipinski definition) is 3. The van der Waals surface area contributed by atoms with Crippen LogP contribution < -0.4 is 10.0 Å². The molecule has 5 nitrogen and oxygen atoms in total. The Bertz CT molecular complexity index is 1130. The summed E-state index contributed by atoms with van der Waals surface area (Å²) in [6.45, 7) is 0.234. The Morgan fingerprint density at radius 2 is 1.61 bits per heavy atom. The molecule has 0 spiro atoms. The van der Waals surface area contributed by atoms with E-state index in [9.17, 15) is 13.2 Å². The third-order valence-corrected chi connectivity index (χ3v) is 5.51. The van der Waals surface area contributed by atoms with E-state index in [4.69, 9.17) is 0 Å². The molecule has 3 aromatic carbocycles. The van der Waals surface area contributed by atoms with Crippen LogP contribution in [0.5, 0.6) is 0 Å². The van der Waals surface area contributed by atoms with E-state index < -0.39 is 10.0 Å². The first-order valence-corrected chi connectivity index (χ1v) is 10.3. The van der Waals surface area contributed by atoms with Gasteiger partial charge in [0.2, 0.25) is 15.9 Å². The van der Waals surface area contributed by atoms with Crippen LogP contribution in [-0.4, -0.2) is 27.4 Å². The van der Waals surface area contributed by atoms with Gasteiger partial charge >= 0.3 is 0 Å². The summed E-state index contributed by atoms with van der Waals surface area (Å²) in [7, 11) is -3.67. The molecule has 2 N–H and O–H groups in total. The van der Waals surface area contributed by atoms with Crippen molar-refractivity contribution in [1.82, 2.24) is 10.0 Å². The minimum absolute atomic E-state index is 0.0209. The van der Waals surface area contributed by atoms with Gasteiger partial charge in [-0.25, -0.2) is 13.1 Å². The molecule has 0 aliphatic heterocycles. The lowest BCUT2D eigenvalue weighted by molar-refractivity contribution is -0.120. The summed E-state index contributed by atoms with van der Waals surface area (Å²) < 4.78 is 27.3. The summed E-state index contributed by atoms with van der Waals surface area (Å²) in [6.07, 6.45) is 0.0415. The topological polar surface area (TPSA) is 75.3 Å². The molecule has 0 unspecified atom stereocenters. The molecule has 3 rings (SSSR count). The number of carbonyl (C=O) groups is 1. The van der Waals surface area contributed by atoms with E-state index in [1.807, 2.05) is 54.6 Å². The van der Waals surface area contributed by atoms with Crippen LogP contribution >= 0.6 is 0 Å². The maximum absolute atomic E-state index is 12.4. The molecular formula is C22H20N2O3S. The Labute approximate surface area is 164 Å². The van der Waals surface area contributed by atoms with Gasteiger partial charge in [-0.05, 0) is 35.0 Å². The Morgan fingerprint density at radius 3 is 2.39 bits per heavy atom. The lowest BCUT2D eigenvalue weighted by Crippen LogP contribution is -2.31. The van der Waals surface area contributed by atoms with Crippen LogP contribution in [-0.2, 0) is 14.8 Å². The van der Waals surface area contributed by atoms with Gasteiger partial charge in [-0.3, -0.25) is 4.79 Å². The van der Waals surface area contributed by atoms with Crippen molar-refractivity contribution in [2.24, 2.45) is 0 Å². The summed E-state index contributed by atoms with van der Waals surface area (Å²) in [5.41, 5.74) is 0.875. The first kappa shape index (κ1) is 19.6. The van der Waals surface area contributed by atoms with Crippen molar-refractivity contribution in [3.63, 3.8) is 0 Å². The van der Waals surface area contributed by atoms with E-state index in [1.54, 1.807) is 18.2 Å². The van der Waals surface area contributed by atoms with E-state index in [0.29, 0.717) is 0 Å². The van der Waals surface area contributed by atoms with Crippen molar-refractivity contribution in [3.8, 4) is 11.8 Å². The predicted molar refractivity (Wildman–Crippen MR) is 110 cm³/mol. The molecule has 142 valence electrons. The Hall–Kier alpha value is -3.14. The minimum Gasteiger partial charge on any atom is -0.345 e. The third kappa shape index (κ3) is 5.43. The number of carbonyl (C=O) groups excluding carboxylic acids is 1. The molecule has 0 radical (unpaired) electrons. The minimum atomic E-state index is -3.67. The van der Waals surface area contributed by atoms with E-state index in [-0.39, 0.29) is 30.3 Å². The van der Waals surface area contributed by atoms with Crippen LogP contribution in [0.2, 0.25) is 0 Å². The number of hydrogen-bond donors (Lipinski definition) is 2. The number of amides is 1. The Morgan fingerprint density at radius 1 is 0.893 bits per heavy atom. The van der Waals surface area contributed by atoms with Gasteiger partial charge in [-0.2, -0.15) is 0 Å². The lowest BCUT2D eigenvalue weighted by Gasteiger charge is -2.08. The van der Waals surface area contributed by atoms with E-state index >= 15 is 0 Å². The molecule has 0 aliphatic carbocycles. The number of nitrogens with one attached hydrogen (secondary N) is 2. The molecule has 0 fully saturated rings. The van der Waals surface area contributed by atoms with Gasteiger partial charge in [0.25, 0.3) is 0 Å². The lowest BCUT2D eigenvalue weighted by atomic mass is 10.1. The number of fused-ring (bicyclic) bond motifs is 1. The van der Waals surface area contributed by atoms with Gasteiger partial charge in [0.15, 0.2) is 0 Å². The zero-order chi connectivity index (χ0) is 19.8. The summed E-state index contributed by atoms with van der Waals surface area (Å²) in [5, 5.41) is 4.47. The molecule has 0 aromatic heterocycles. The van der Waals surface area contributed by atoms with Crippen molar-refractivity contribution < 1.29 is 13.2 Å². The first-order valence-electron chi connectivity index (χ1n) is 8.84. The average molecular weight is 392 g/mol. The summed E-state index contributed by atoms with van der Waals surface area (Å²) >= 11 is 0. The van der Waals surface area contributed by atoms with E-state index in [2.05, 4.69) is 21.9 Å². The smallest absolute Gasteiger partial charge is 0.240 e. The van der Waals surface area contributed by atoms with Crippen LogP contribution in [0.25, 0.3) is 10.8 Å². The van der Waals surface area contributed by atoms with Crippen molar-refractivity contribution in [2.45, 2.75) is 11.3 Å². The molecule has 0 heterocycles. The molecule has 3 aromatic rings. The largest absolute Gasteiger partial charge is 0.345 e. The fourth-order valence-corrected chi connectivity index (χ4v) is 3.68. The number of benzene rings is 3. The summed E-state index contributed by atoms with van der Waals surface area (Å²) in [5.74, 6) is 5.54. The highest BCUT2D eigenvalue weighted by Crippen LogP contribution is 2.18. The second kappa shape index (κ2) is 9.18. The monoisotopic (exact) mass is 392 g/mol. The SMILES string of the molecule is O=C(CCNS(=O)(=O)c1ccc2ccccc2c1)NCC#Cc1ccccc1. The van der Waals surface area contributed by atoms with Crippen LogP contribution in [0.4, 0.5) is 0 Å². The maximum atomic E-state index is 12.4. The van der Waals surface area contributed by atoms with Gasteiger partial charge in [-0.1, -0.05) is 60.4 Å². The predicted octanol–water partition coefficient (Wildman–Crippen LogP) is 2.68. The summed E-state index contributed by atoms with van der Waals surface area (Å²) in [4.78, 5) is 12.0. The van der Waals surface area contributed by atoms with E-state index in [0.717, 1.165) is 16.3 Å². The van der Waals surface area contributed by atoms with Gasteiger partial charge in [-0.15, -0.1) is 0 Å². The third-order valence-electron chi connectivity index (χ3n) is 4.06. The van der Waals surface area contributed by atoms with Gasteiger partial charge in [0.05, 0.1) is 11.4 Å². The van der Waals surface area contributed by atoms with Crippen LogP contribution in [0.1, 0.15) is 12.0 Å². The molecule has 0 atom stereocenters. The molecule has 0 saturated heterocycles. The van der Waals surface area contributed by atoms with Gasteiger partial charge in [0, 0.05) is 18.5 Å². The van der Waals surface area contributed by atoms with Crippen molar-refractivity contribution in [2.75, 3.05) is 13.1 Å². The second-order valence-corrected chi connectivity index (χ2v) is 7.87. The highest BCUT2D eigenvalue weighted by Gasteiger charge is 2.14. The van der Waals surface area contributed by atoms with Gasteiger partial charge < -0.3 is 5.32 Å². The fourth-order valence-electron chi connectivity index (χ4n) is 2.62. The van der Waals surface area contributed by atoms with Crippen LogP contribution in [0.3, 0.4) is 0 Å². The van der Waals surface area contributed by atoms with Gasteiger partial charge in [0.1, 0.15) is 0 Å². The van der Waals surface area contributed by atoms with Crippen molar-refractivity contribution in [3.05, 3.63) is 78.4 Å². The quantitative estimate of drug-likeness (QED) is 0.634. The molecule has 0 bridgehead atoms. The second-order valence-electron chi connectivity index (χ2n) is 6.10. The van der Waals surface area contributed by atoms with Crippen molar-refractivity contribution >= 4 is 26.7 Å². The zero-order valence-electron chi connectivity index (χ0n) is 15.2. The molecule has 0 saturated carbocycles. The number of sulfonamides is 1. The Balaban J connectivity index is 1.48. The fraction of sp³-hybridized carbons (Fsp3) is 0.136. The molecular weight excluding hydrogens is 372 g/mol. The highest BCUT2D eigenvalue weighted by atomic mass is 32.2. The molecule has 1 amide bonds.